The van der Waals surface area contributed by atoms with Gasteiger partial charge in [-0.1, -0.05) is 63.6 Å². The molecule has 0 aliphatic rings. The topological polar surface area (TPSA) is 55.5 Å². The van der Waals surface area contributed by atoms with Crippen molar-refractivity contribution in [2.75, 3.05) is 13.2 Å². The monoisotopic (exact) mass is 321 g/mol. The van der Waals surface area contributed by atoms with Crippen LogP contribution in [0.5, 0.6) is 5.75 Å². The molecule has 0 aromatic heterocycles. The Morgan fingerprint density at radius 3 is 2.39 bits per heavy atom. The SMILES string of the molecule is CCCCCCCCCOc1ccccc1CCC(C)(N)CO. The molecule has 3 N–H and O–H groups in total. The summed E-state index contributed by atoms with van der Waals surface area (Å²) < 4.78 is 5.96. The molecule has 3 nitrogen and oxygen atoms in total. The zero-order chi connectivity index (χ0) is 17.0. The molecule has 0 aliphatic carbocycles. The molecule has 1 rings (SSSR count). The molecule has 1 aromatic carbocycles. The molecule has 0 radical (unpaired) electrons. The van der Waals surface area contributed by atoms with Crippen molar-refractivity contribution < 1.29 is 9.84 Å². The van der Waals surface area contributed by atoms with Gasteiger partial charge in [-0.3, -0.25) is 0 Å². The number of rotatable bonds is 13. The molecule has 0 aliphatic heterocycles. The molecule has 1 unspecified atom stereocenters. The van der Waals surface area contributed by atoms with Crippen LogP contribution in [0.2, 0.25) is 0 Å². The average Bonchev–Trinajstić information content (AvgIpc) is 2.56. The quantitative estimate of drug-likeness (QED) is 0.527. The fourth-order valence-corrected chi connectivity index (χ4v) is 2.59. The normalized spacial score (nSPS) is 13.7. The molecule has 1 atom stereocenters. The average molecular weight is 322 g/mol. The molecule has 132 valence electrons. The number of ether oxygens (including phenoxy) is 1. The van der Waals surface area contributed by atoms with Crippen molar-refractivity contribution in [1.82, 2.24) is 0 Å². The minimum absolute atomic E-state index is 0.00799. The Morgan fingerprint density at radius 2 is 1.70 bits per heavy atom. The number of para-hydroxylation sites is 1. The van der Waals surface area contributed by atoms with Crippen molar-refractivity contribution in [1.29, 1.82) is 0 Å². The number of benzene rings is 1. The van der Waals surface area contributed by atoms with E-state index in [9.17, 15) is 5.11 Å². The minimum atomic E-state index is -0.522. The summed E-state index contributed by atoms with van der Waals surface area (Å²) in [4.78, 5) is 0. The summed E-state index contributed by atoms with van der Waals surface area (Å²) in [7, 11) is 0. The molecule has 3 heteroatoms. The Kier molecular flexibility index (Phi) is 9.97. The third-order valence-electron chi connectivity index (χ3n) is 4.30. The van der Waals surface area contributed by atoms with Crippen LogP contribution in [0.15, 0.2) is 24.3 Å². The minimum Gasteiger partial charge on any atom is -0.493 e. The van der Waals surface area contributed by atoms with Crippen molar-refractivity contribution >= 4 is 0 Å². The lowest BCUT2D eigenvalue weighted by molar-refractivity contribution is 0.200. The highest BCUT2D eigenvalue weighted by Gasteiger charge is 2.17. The van der Waals surface area contributed by atoms with Crippen LogP contribution in [-0.2, 0) is 6.42 Å². The molecular formula is C20H35NO2. The fraction of sp³-hybridized carbons (Fsp3) is 0.700. The molecule has 0 bridgehead atoms. The van der Waals surface area contributed by atoms with Gasteiger partial charge in [0.05, 0.1) is 13.2 Å². The highest BCUT2D eigenvalue weighted by molar-refractivity contribution is 5.33. The number of hydrogen-bond donors (Lipinski definition) is 2. The van der Waals surface area contributed by atoms with Gasteiger partial charge < -0.3 is 15.6 Å². The second-order valence-corrected chi connectivity index (χ2v) is 6.89. The van der Waals surface area contributed by atoms with Gasteiger partial charge in [0.1, 0.15) is 5.75 Å². The Morgan fingerprint density at radius 1 is 1.04 bits per heavy atom. The Balaban J connectivity index is 2.28. The first kappa shape index (κ1) is 20.0. The first-order valence-corrected chi connectivity index (χ1v) is 9.19. The lowest BCUT2D eigenvalue weighted by atomic mass is 9.95. The van der Waals surface area contributed by atoms with Crippen LogP contribution >= 0.6 is 0 Å². The van der Waals surface area contributed by atoms with Gasteiger partial charge in [-0.15, -0.1) is 0 Å². The predicted molar refractivity (Wildman–Crippen MR) is 97.9 cm³/mol. The van der Waals surface area contributed by atoms with E-state index < -0.39 is 5.54 Å². The van der Waals surface area contributed by atoms with Crippen LogP contribution < -0.4 is 10.5 Å². The molecule has 0 saturated heterocycles. The standard InChI is InChI=1S/C20H35NO2/c1-3-4-5-6-7-8-11-16-23-19-13-10-9-12-18(19)14-15-20(2,21)17-22/h9-10,12-13,22H,3-8,11,14-17,21H2,1-2H3. The van der Waals surface area contributed by atoms with Crippen molar-refractivity contribution in [2.45, 2.75) is 77.2 Å². The largest absolute Gasteiger partial charge is 0.493 e. The van der Waals surface area contributed by atoms with E-state index in [0.29, 0.717) is 0 Å². The maximum atomic E-state index is 9.26. The van der Waals surface area contributed by atoms with Gasteiger partial charge in [0.15, 0.2) is 0 Å². The fourth-order valence-electron chi connectivity index (χ4n) is 2.59. The van der Waals surface area contributed by atoms with Gasteiger partial charge in [-0.05, 0) is 37.8 Å². The van der Waals surface area contributed by atoms with E-state index in [1.807, 2.05) is 25.1 Å². The molecule has 0 fully saturated rings. The summed E-state index contributed by atoms with van der Waals surface area (Å²) in [5.74, 6) is 0.965. The van der Waals surface area contributed by atoms with Crippen LogP contribution in [0.4, 0.5) is 0 Å². The summed E-state index contributed by atoms with van der Waals surface area (Å²) in [6.07, 6.45) is 10.6. The summed E-state index contributed by atoms with van der Waals surface area (Å²) in [5.41, 5.74) is 6.67. The molecule has 23 heavy (non-hydrogen) atoms. The van der Waals surface area contributed by atoms with Gasteiger partial charge in [0.2, 0.25) is 0 Å². The van der Waals surface area contributed by atoms with Gasteiger partial charge in [0.25, 0.3) is 0 Å². The third kappa shape index (κ3) is 8.97. The molecule has 0 saturated carbocycles. The molecular weight excluding hydrogens is 286 g/mol. The summed E-state index contributed by atoms with van der Waals surface area (Å²) in [6, 6.07) is 8.16. The van der Waals surface area contributed by atoms with E-state index in [-0.39, 0.29) is 6.61 Å². The lowest BCUT2D eigenvalue weighted by Crippen LogP contribution is -2.40. The number of aryl methyl sites for hydroxylation is 1. The van der Waals surface area contributed by atoms with E-state index in [1.165, 1.54) is 44.1 Å². The van der Waals surface area contributed by atoms with Crippen molar-refractivity contribution in [3.8, 4) is 5.75 Å². The van der Waals surface area contributed by atoms with Crippen LogP contribution in [0.3, 0.4) is 0 Å². The van der Waals surface area contributed by atoms with E-state index in [1.54, 1.807) is 0 Å². The summed E-state index contributed by atoms with van der Waals surface area (Å²) >= 11 is 0. The Hall–Kier alpha value is -1.06. The predicted octanol–water partition coefficient (Wildman–Crippen LogP) is 4.46. The summed E-state index contributed by atoms with van der Waals surface area (Å²) in [5, 5.41) is 9.26. The van der Waals surface area contributed by atoms with Crippen LogP contribution in [0.1, 0.15) is 70.8 Å². The van der Waals surface area contributed by atoms with E-state index in [2.05, 4.69) is 13.0 Å². The number of aliphatic hydroxyl groups is 1. The van der Waals surface area contributed by atoms with E-state index in [0.717, 1.165) is 31.6 Å². The van der Waals surface area contributed by atoms with Crippen molar-refractivity contribution in [3.05, 3.63) is 29.8 Å². The second kappa shape index (κ2) is 11.5. The highest BCUT2D eigenvalue weighted by atomic mass is 16.5. The number of aliphatic hydroxyl groups excluding tert-OH is 1. The van der Waals surface area contributed by atoms with Crippen molar-refractivity contribution in [3.63, 3.8) is 0 Å². The van der Waals surface area contributed by atoms with Crippen LogP contribution in [0.25, 0.3) is 0 Å². The molecule has 0 amide bonds. The third-order valence-corrected chi connectivity index (χ3v) is 4.30. The van der Waals surface area contributed by atoms with E-state index in [4.69, 9.17) is 10.5 Å². The maximum Gasteiger partial charge on any atom is 0.122 e. The Bertz CT molecular complexity index is 418. The van der Waals surface area contributed by atoms with Gasteiger partial charge in [-0.2, -0.15) is 0 Å². The highest BCUT2D eigenvalue weighted by Crippen LogP contribution is 2.22. The molecule has 0 heterocycles. The van der Waals surface area contributed by atoms with Crippen LogP contribution in [-0.4, -0.2) is 23.9 Å². The zero-order valence-corrected chi connectivity index (χ0v) is 15.0. The second-order valence-electron chi connectivity index (χ2n) is 6.89. The van der Waals surface area contributed by atoms with Crippen molar-refractivity contribution in [2.24, 2.45) is 5.73 Å². The first-order valence-electron chi connectivity index (χ1n) is 9.19. The molecule has 0 spiro atoms. The zero-order valence-electron chi connectivity index (χ0n) is 15.0. The number of nitrogens with two attached hydrogens (primary N) is 1. The van der Waals surface area contributed by atoms with Gasteiger partial charge >= 0.3 is 0 Å². The smallest absolute Gasteiger partial charge is 0.122 e. The van der Waals surface area contributed by atoms with Gasteiger partial charge in [0, 0.05) is 5.54 Å². The van der Waals surface area contributed by atoms with Gasteiger partial charge in [-0.25, -0.2) is 0 Å². The first-order chi connectivity index (χ1) is 11.1. The lowest BCUT2D eigenvalue weighted by Gasteiger charge is -2.22. The van der Waals surface area contributed by atoms with Crippen LogP contribution in [0, 0.1) is 0 Å². The number of hydrogen-bond acceptors (Lipinski definition) is 3. The Labute approximate surface area is 142 Å². The summed E-state index contributed by atoms with van der Waals surface area (Å²) in [6.45, 7) is 4.92. The van der Waals surface area contributed by atoms with E-state index >= 15 is 0 Å². The number of unbranched alkanes of at least 4 members (excludes halogenated alkanes) is 6. The maximum absolute atomic E-state index is 9.26. The molecule has 1 aromatic rings.